The lowest BCUT2D eigenvalue weighted by atomic mass is 10.1. The lowest BCUT2D eigenvalue weighted by Crippen LogP contribution is -2.09. The van der Waals surface area contributed by atoms with Gasteiger partial charge in [-0.05, 0) is 54.6 Å². The van der Waals surface area contributed by atoms with Crippen LogP contribution in [0.1, 0.15) is 16.1 Å². The van der Waals surface area contributed by atoms with E-state index >= 15 is 0 Å². The SMILES string of the molecule is O=C(Cc1cc(-c2ccccn2)nn1-c1ccccc1Cl)c1ccc(F)cc1. The third-order valence-electron chi connectivity index (χ3n) is 4.30. The maximum Gasteiger partial charge on any atom is 0.168 e. The Morgan fingerprint density at radius 3 is 2.43 bits per heavy atom. The molecule has 0 aliphatic heterocycles. The molecule has 2 aromatic heterocycles. The summed E-state index contributed by atoms with van der Waals surface area (Å²) in [7, 11) is 0. The van der Waals surface area contributed by atoms with E-state index in [-0.39, 0.29) is 18.0 Å². The van der Waals surface area contributed by atoms with E-state index in [0.29, 0.717) is 33.4 Å². The Bertz CT molecular complexity index is 1120. The number of ketones is 1. The molecule has 0 saturated carbocycles. The minimum absolute atomic E-state index is 0.0939. The van der Waals surface area contributed by atoms with E-state index in [9.17, 15) is 9.18 Å². The van der Waals surface area contributed by atoms with Crippen molar-refractivity contribution in [2.45, 2.75) is 6.42 Å². The minimum Gasteiger partial charge on any atom is -0.294 e. The van der Waals surface area contributed by atoms with Crippen molar-refractivity contribution >= 4 is 17.4 Å². The summed E-state index contributed by atoms with van der Waals surface area (Å²) in [5, 5.41) is 5.15. The molecule has 0 spiro atoms. The van der Waals surface area contributed by atoms with E-state index in [1.165, 1.54) is 24.3 Å². The van der Waals surface area contributed by atoms with Gasteiger partial charge in [-0.25, -0.2) is 9.07 Å². The molecule has 0 saturated heterocycles. The molecule has 0 aliphatic rings. The number of rotatable bonds is 5. The molecule has 0 N–H and O–H groups in total. The predicted octanol–water partition coefficient (Wildman–Crippen LogP) is 5.15. The minimum atomic E-state index is -0.380. The summed E-state index contributed by atoms with van der Waals surface area (Å²) in [4.78, 5) is 17.1. The molecule has 28 heavy (non-hydrogen) atoms. The molecule has 0 bridgehead atoms. The Morgan fingerprint density at radius 2 is 1.71 bits per heavy atom. The summed E-state index contributed by atoms with van der Waals surface area (Å²) in [6, 6.07) is 20.2. The number of benzene rings is 2. The van der Waals surface area contributed by atoms with E-state index < -0.39 is 0 Å². The highest BCUT2D eigenvalue weighted by atomic mass is 35.5. The van der Waals surface area contributed by atoms with Gasteiger partial charge in [0, 0.05) is 11.8 Å². The number of Topliss-reactive ketones (excluding diaryl/α,β-unsaturated/α-hetero) is 1. The van der Waals surface area contributed by atoms with Crippen LogP contribution in [-0.2, 0) is 6.42 Å². The molecule has 0 fully saturated rings. The van der Waals surface area contributed by atoms with E-state index in [0.717, 1.165) is 0 Å². The van der Waals surface area contributed by atoms with Gasteiger partial charge in [-0.15, -0.1) is 0 Å². The van der Waals surface area contributed by atoms with Crippen molar-refractivity contribution in [3.63, 3.8) is 0 Å². The van der Waals surface area contributed by atoms with Gasteiger partial charge < -0.3 is 0 Å². The number of hydrogen-bond donors (Lipinski definition) is 0. The normalized spacial score (nSPS) is 10.8. The fourth-order valence-corrected chi connectivity index (χ4v) is 3.14. The van der Waals surface area contributed by atoms with E-state index in [4.69, 9.17) is 11.6 Å². The van der Waals surface area contributed by atoms with Crippen LogP contribution >= 0.6 is 11.6 Å². The molecule has 0 radical (unpaired) electrons. The van der Waals surface area contributed by atoms with Gasteiger partial charge in [0.25, 0.3) is 0 Å². The summed E-state index contributed by atoms with van der Waals surface area (Å²) >= 11 is 6.35. The van der Waals surface area contributed by atoms with Gasteiger partial charge in [-0.1, -0.05) is 29.8 Å². The number of carbonyl (C=O) groups is 1. The first kappa shape index (κ1) is 18.1. The Hall–Kier alpha value is -3.31. The van der Waals surface area contributed by atoms with Crippen LogP contribution in [0.25, 0.3) is 17.1 Å². The standard InChI is InChI=1S/C22H15ClFN3O/c23-18-5-1-2-7-21(18)27-17(13-20(26-27)19-6-3-4-12-25-19)14-22(28)15-8-10-16(24)11-9-15/h1-13H,14H2. The van der Waals surface area contributed by atoms with Crippen molar-refractivity contribution in [3.05, 3.63) is 101 Å². The molecule has 4 nitrogen and oxygen atoms in total. The first-order chi connectivity index (χ1) is 13.6. The largest absolute Gasteiger partial charge is 0.294 e. The van der Waals surface area contributed by atoms with Gasteiger partial charge in [0.15, 0.2) is 5.78 Å². The Morgan fingerprint density at radius 1 is 0.964 bits per heavy atom. The summed E-state index contributed by atoms with van der Waals surface area (Å²) in [6.07, 6.45) is 1.78. The fraction of sp³-hybridized carbons (Fsp3) is 0.0455. The summed E-state index contributed by atoms with van der Waals surface area (Å²) < 4.78 is 14.8. The summed E-state index contributed by atoms with van der Waals surface area (Å²) in [5.41, 5.74) is 3.12. The van der Waals surface area contributed by atoms with Gasteiger partial charge in [0.05, 0.1) is 28.5 Å². The van der Waals surface area contributed by atoms with Crippen molar-refractivity contribution in [2.24, 2.45) is 0 Å². The maximum atomic E-state index is 13.2. The quantitative estimate of drug-likeness (QED) is 0.442. The van der Waals surface area contributed by atoms with Crippen LogP contribution in [0, 0.1) is 5.82 Å². The second-order valence-corrected chi connectivity index (χ2v) is 6.61. The highest BCUT2D eigenvalue weighted by Gasteiger charge is 2.17. The number of pyridine rings is 1. The van der Waals surface area contributed by atoms with Crippen LogP contribution < -0.4 is 0 Å². The smallest absolute Gasteiger partial charge is 0.168 e. The average molecular weight is 392 g/mol. The fourth-order valence-electron chi connectivity index (χ4n) is 2.92. The number of aromatic nitrogens is 3. The number of carbonyl (C=O) groups excluding carboxylic acids is 1. The molecule has 138 valence electrons. The number of para-hydroxylation sites is 1. The zero-order valence-corrected chi connectivity index (χ0v) is 15.5. The van der Waals surface area contributed by atoms with Gasteiger partial charge in [0.1, 0.15) is 11.5 Å². The van der Waals surface area contributed by atoms with Gasteiger partial charge in [0.2, 0.25) is 0 Å². The average Bonchev–Trinajstić information content (AvgIpc) is 3.13. The van der Waals surface area contributed by atoms with Crippen molar-refractivity contribution in [1.82, 2.24) is 14.8 Å². The Balaban J connectivity index is 1.76. The van der Waals surface area contributed by atoms with Crippen molar-refractivity contribution in [1.29, 1.82) is 0 Å². The highest BCUT2D eigenvalue weighted by molar-refractivity contribution is 6.32. The van der Waals surface area contributed by atoms with Crippen molar-refractivity contribution in [2.75, 3.05) is 0 Å². The molecule has 0 unspecified atom stereocenters. The molecular weight excluding hydrogens is 377 g/mol. The van der Waals surface area contributed by atoms with Crippen LogP contribution in [-0.4, -0.2) is 20.5 Å². The molecule has 0 aliphatic carbocycles. The van der Waals surface area contributed by atoms with Crippen LogP contribution in [0.3, 0.4) is 0 Å². The molecule has 2 aromatic carbocycles. The molecule has 4 rings (SSSR count). The Kier molecular flexibility index (Phi) is 5.00. The molecule has 0 atom stereocenters. The van der Waals surface area contributed by atoms with E-state index in [2.05, 4.69) is 10.1 Å². The third kappa shape index (κ3) is 3.70. The van der Waals surface area contributed by atoms with E-state index in [1.54, 1.807) is 16.9 Å². The van der Waals surface area contributed by atoms with Gasteiger partial charge in [-0.3, -0.25) is 9.78 Å². The molecule has 0 amide bonds. The lowest BCUT2D eigenvalue weighted by Gasteiger charge is -2.09. The third-order valence-corrected chi connectivity index (χ3v) is 4.62. The molecule has 2 heterocycles. The monoisotopic (exact) mass is 391 g/mol. The van der Waals surface area contributed by atoms with Crippen molar-refractivity contribution in [3.8, 4) is 17.1 Å². The van der Waals surface area contributed by atoms with Crippen LogP contribution in [0.2, 0.25) is 5.02 Å². The first-order valence-electron chi connectivity index (χ1n) is 8.66. The number of nitrogens with zero attached hydrogens (tertiary/aromatic N) is 3. The van der Waals surface area contributed by atoms with Crippen LogP contribution in [0.15, 0.2) is 79.0 Å². The molecular formula is C22H15ClFN3O. The zero-order valence-electron chi connectivity index (χ0n) is 14.7. The second kappa shape index (κ2) is 7.74. The summed E-state index contributed by atoms with van der Waals surface area (Å²) in [5.74, 6) is -0.518. The maximum absolute atomic E-state index is 13.2. The number of hydrogen-bond acceptors (Lipinski definition) is 3. The molecule has 6 heteroatoms. The highest BCUT2D eigenvalue weighted by Crippen LogP contribution is 2.25. The summed E-state index contributed by atoms with van der Waals surface area (Å²) in [6.45, 7) is 0. The van der Waals surface area contributed by atoms with Crippen molar-refractivity contribution < 1.29 is 9.18 Å². The second-order valence-electron chi connectivity index (χ2n) is 6.21. The number of halogens is 2. The zero-order chi connectivity index (χ0) is 19.5. The topological polar surface area (TPSA) is 47.8 Å². The van der Waals surface area contributed by atoms with Gasteiger partial charge >= 0.3 is 0 Å². The van der Waals surface area contributed by atoms with Gasteiger partial charge in [-0.2, -0.15) is 5.10 Å². The van der Waals surface area contributed by atoms with Crippen LogP contribution in [0.4, 0.5) is 4.39 Å². The van der Waals surface area contributed by atoms with Crippen LogP contribution in [0.5, 0.6) is 0 Å². The Labute approximate surface area is 166 Å². The first-order valence-corrected chi connectivity index (χ1v) is 9.03. The lowest BCUT2D eigenvalue weighted by molar-refractivity contribution is 0.0991. The predicted molar refractivity (Wildman–Crippen MR) is 106 cm³/mol. The molecule has 4 aromatic rings. The van der Waals surface area contributed by atoms with E-state index in [1.807, 2.05) is 42.5 Å².